The standard InChI is InChI=1S/C14H25NO/c1-2-13(15)8-16-14-11-4-9-3-10(6-11)7-12(14)5-9/h9-14H,2-8,15H2,1H3. The zero-order chi connectivity index (χ0) is 11.1. The fraction of sp³-hybridized carbons (Fsp3) is 1.00. The lowest BCUT2D eigenvalue weighted by Gasteiger charge is -2.54. The number of hydrogen-bond acceptors (Lipinski definition) is 2. The molecule has 2 heteroatoms. The molecule has 92 valence electrons. The van der Waals surface area contributed by atoms with Crippen LogP contribution in [0.4, 0.5) is 0 Å². The van der Waals surface area contributed by atoms with Gasteiger partial charge in [-0.1, -0.05) is 6.92 Å². The molecule has 0 saturated heterocycles. The van der Waals surface area contributed by atoms with E-state index in [-0.39, 0.29) is 6.04 Å². The highest BCUT2D eigenvalue weighted by Crippen LogP contribution is 2.54. The minimum atomic E-state index is 0.247. The van der Waals surface area contributed by atoms with Gasteiger partial charge in [-0.05, 0) is 62.2 Å². The minimum absolute atomic E-state index is 0.247. The van der Waals surface area contributed by atoms with Crippen LogP contribution in [0.5, 0.6) is 0 Å². The summed E-state index contributed by atoms with van der Waals surface area (Å²) in [6, 6.07) is 0.247. The van der Waals surface area contributed by atoms with Gasteiger partial charge in [0.05, 0.1) is 12.7 Å². The van der Waals surface area contributed by atoms with Gasteiger partial charge in [-0.15, -0.1) is 0 Å². The van der Waals surface area contributed by atoms with E-state index < -0.39 is 0 Å². The third-order valence-corrected chi connectivity index (χ3v) is 5.17. The van der Waals surface area contributed by atoms with Crippen LogP contribution in [0, 0.1) is 23.7 Å². The number of rotatable bonds is 4. The van der Waals surface area contributed by atoms with E-state index in [0.29, 0.717) is 6.10 Å². The smallest absolute Gasteiger partial charge is 0.0632 e. The van der Waals surface area contributed by atoms with E-state index in [9.17, 15) is 0 Å². The third kappa shape index (κ3) is 1.91. The highest BCUT2D eigenvalue weighted by molar-refractivity contribution is 4.99. The van der Waals surface area contributed by atoms with E-state index in [1.165, 1.54) is 32.1 Å². The van der Waals surface area contributed by atoms with Gasteiger partial charge in [0.2, 0.25) is 0 Å². The van der Waals surface area contributed by atoms with Gasteiger partial charge in [0.25, 0.3) is 0 Å². The molecule has 0 aromatic carbocycles. The molecular formula is C14H25NO. The van der Waals surface area contributed by atoms with Crippen LogP contribution in [0.15, 0.2) is 0 Å². The third-order valence-electron chi connectivity index (χ3n) is 5.17. The summed E-state index contributed by atoms with van der Waals surface area (Å²) < 4.78 is 6.15. The van der Waals surface area contributed by atoms with Crippen LogP contribution in [0.25, 0.3) is 0 Å². The Hall–Kier alpha value is -0.0800. The first-order valence-electron chi connectivity index (χ1n) is 7.13. The largest absolute Gasteiger partial charge is 0.376 e. The Balaban J connectivity index is 1.59. The molecule has 0 heterocycles. The van der Waals surface area contributed by atoms with Crippen molar-refractivity contribution in [3.05, 3.63) is 0 Å². The van der Waals surface area contributed by atoms with E-state index >= 15 is 0 Å². The van der Waals surface area contributed by atoms with Crippen LogP contribution in [0.3, 0.4) is 0 Å². The van der Waals surface area contributed by atoms with Gasteiger partial charge in [0.15, 0.2) is 0 Å². The molecule has 4 saturated carbocycles. The topological polar surface area (TPSA) is 35.2 Å². The highest BCUT2D eigenvalue weighted by Gasteiger charge is 2.48. The lowest BCUT2D eigenvalue weighted by Crippen LogP contribution is -2.50. The fourth-order valence-electron chi connectivity index (χ4n) is 4.50. The summed E-state index contributed by atoms with van der Waals surface area (Å²) in [5.41, 5.74) is 5.95. The van der Waals surface area contributed by atoms with Crippen molar-refractivity contribution in [2.45, 2.75) is 57.6 Å². The number of hydrogen-bond donors (Lipinski definition) is 1. The SMILES string of the molecule is CCC(N)COC1C2CC3CC(C2)CC1C3. The summed E-state index contributed by atoms with van der Waals surface area (Å²) in [4.78, 5) is 0. The van der Waals surface area contributed by atoms with Gasteiger partial charge >= 0.3 is 0 Å². The first-order valence-corrected chi connectivity index (χ1v) is 7.13. The van der Waals surface area contributed by atoms with E-state index in [2.05, 4.69) is 6.92 Å². The quantitative estimate of drug-likeness (QED) is 0.795. The summed E-state index contributed by atoms with van der Waals surface area (Å²) in [7, 11) is 0. The first kappa shape index (κ1) is 11.0. The molecule has 16 heavy (non-hydrogen) atoms. The summed E-state index contributed by atoms with van der Waals surface area (Å²) >= 11 is 0. The zero-order valence-electron chi connectivity index (χ0n) is 10.4. The Morgan fingerprint density at radius 1 is 1.06 bits per heavy atom. The Kier molecular flexibility index (Phi) is 2.97. The van der Waals surface area contributed by atoms with Crippen LogP contribution >= 0.6 is 0 Å². The van der Waals surface area contributed by atoms with Gasteiger partial charge in [-0.25, -0.2) is 0 Å². The summed E-state index contributed by atoms with van der Waals surface area (Å²) in [5, 5.41) is 0. The summed E-state index contributed by atoms with van der Waals surface area (Å²) in [6.45, 7) is 2.93. The normalized spacial score (nSPS) is 47.2. The summed E-state index contributed by atoms with van der Waals surface area (Å²) in [6.07, 6.45) is 8.89. The van der Waals surface area contributed by atoms with Crippen LogP contribution in [0.1, 0.15) is 45.4 Å². The molecule has 0 aromatic heterocycles. The fourth-order valence-corrected chi connectivity index (χ4v) is 4.50. The number of ether oxygens (including phenoxy) is 1. The molecule has 0 aromatic rings. The monoisotopic (exact) mass is 223 g/mol. The first-order chi connectivity index (χ1) is 7.76. The summed E-state index contributed by atoms with van der Waals surface area (Å²) in [5.74, 6) is 3.84. The molecule has 1 unspecified atom stereocenters. The van der Waals surface area contributed by atoms with Crippen molar-refractivity contribution in [2.24, 2.45) is 29.4 Å². The van der Waals surface area contributed by atoms with E-state index in [0.717, 1.165) is 36.7 Å². The van der Waals surface area contributed by atoms with Crippen molar-refractivity contribution in [3.63, 3.8) is 0 Å². The van der Waals surface area contributed by atoms with Gasteiger partial charge in [0.1, 0.15) is 0 Å². The molecule has 2 nitrogen and oxygen atoms in total. The molecule has 4 aliphatic rings. The van der Waals surface area contributed by atoms with E-state index in [1.807, 2.05) is 0 Å². The average molecular weight is 223 g/mol. The molecule has 4 bridgehead atoms. The average Bonchev–Trinajstić information content (AvgIpc) is 2.26. The second-order valence-electron chi connectivity index (χ2n) is 6.40. The number of nitrogens with two attached hydrogens (primary N) is 1. The maximum absolute atomic E-state index is 6.15. The van der Waals surface area contributed by atoms with E-state index in [4.69, 9.17) is 10.5 Å². The van der Waals surface area contributed by atoms with E-state index in [1.54, 1.807) is 0 Å². The zero-order valence-corrected chi connectivity index (χ0v) is 10.4. The Morgan fingerprint density at radius 2 is 1.62 bits per heavy atom. The predicted octanol–water partition coefficient (Wildman–Crippen LogP) is 2.57. The molecule has 4 aliphatic carbocycles. The van der Waals surface area contributed by atoms with Gasteiger partial charge in [0, 0.05) is 6.04 Å². The molecule has 4 rings (SSSR count). The van der Waals surface area contributed by atoms with Crippen molar-refractivity contribution in [2.75, 3.05) is 6.61 Å². The molecule has 0 aliphatic heterocycles. The van der Waals surface area contributed by atoms with Crippen molar-refractivity contribution in [1.82, 2.24) is 0 Å². The van der Waals surface area contributed by atoms with Crippen molar-refractivity contribution < 1.29 is 4.74 Å². The van der Waals surface area contributed by atoms with Crippen molar-refractivity contribution in [3.8, 4) is 0 Å². The van der Waals surface area contributed by atoms with Crippen LogP contribution < -0.4 is 5.73 Å². The molecule has 0 spiro atoms. The molecule has 4 fully saturated rings. The Morgan fingerprint density at radius 3 is 2.12 bits per heavy atom. The molecule has 0 radical (unpaired) electrons. The van der Waals surface area contributed by atoms with Crippen molar-refractivity contribution in [1.29, 1.82) is 0 Å². The second kappa shape index (κ2) is 4.30. The van der Waals surface area contributed by atoms with Crippen LogP contribution in [-0.2, 0) is 4.74 Å². The van der Waals surface area contributed by atoms with Crippen LogP contribution in [-0.4, -0.2) is 18.8 Å². The van der Waals surface area contributed by atoms with Gasteiger partial charge in [-0.3, -0.25) is 0 Å². The van der Waals surface area contributed by atoms with Crippen LogP contribution in [0.2, 0.25) is 0 Å². The Labute approximate surface area is 98.9 Å². The lowest BCUT2D eigenvalue weighted by atomic mass is 9.55. The maximum Gasteiger partial charge on any atom is 0.0632 e. The van der Waals surface area contributed by atoms with Crippen molar-refractivity contribution >= 4 is 0 Å². The predicted molar refractivity (Wildman–Crippen MR) is 65.1 cm³/mol. The Bertz CT molecular complexity index is 225. The van der Waals surface area contributed by atoms with Gasteiger partial charge in [-0.2, -0.15) is 0 Å². The van der Waals surface area contributed by atoms with Gasteiger partial charge < -0.3 is 10.5 Å². The molecular weight excluding hydrogens is 198 g/mol. The molecule has 2 N–H and O–H groups in total. The highest BCUT2D eigenvalue weighted by atomic mass is 16.5. The second-order valence-corrected chi connectivity index (χ2v) is 6.40. The molecule has 1 atom stereocenters. The molecule has 0 amide bonds. The maximum atomic E-state index is 6.15. The minimum Gasteiger partial charge on any atom is -0.376 e. The lowest BCUT2D eigenvalue weighted by molar-refractivity contribution is -0.128.